The van der Waals surface area contributed by atoms with Crippen LogP contribution in [0.25, 0.3) is 0 Å². The summed E-state index contributed by atoms with van der Waals surface area (Å²) in [5, 5.41) is 16.4. The van der Waals surface area contributed by atoms with Crippen molar-refractivity contribution < 1.29 is 23.9 Å². The van der Waals surface area contributed by atoms with Crippen molar-refractivity contribution in [3.63, 3.8) is 0 Å². The molecule has 0 saturated carbocycles. The van der Waals surface area contributed by atoms with Crippen molar-refractivity contribution >= 4 is 35.5 Å². The summed E-state index contributed by atoms with van der Waals surface area (Å²) in [6, 6.07) is -2.04. The molecule has 0 radical (unpaired) electrons. The van der Waals surface area contributed by atoms with Crippen molar-refractivity contribution in [3.05, 3.63) is 5.82 Å². The number of nitrogens with zero attached hydrogens (tertiary/aromatic N) is 5. The highest BCUT2D eigenvalue weighted by Crippen LogP contribution is 2.56. The number of aromatic nitrogens is 4. The van der Waals surface area contributed by atoms with Crippen molar-refractivity contribution in [3.8, 4) is 0 Å². The van der Waals surface area contributed by atoms with Crippen LogP contribution in [-0.4, -0.2) is 77.5 Å². The predicted octanol–water partition coefficient (Wildman–Crippen LogP) is -2.12. The van der Waals surface area contributed by atoms with Crippen LogP contribution in [0, 0.1) is 0 Å². The average Bonchev–Trinajstić information content (AvgIpc) is 3.23. The van der Waals surface area contributed by atoms with Gasteiger partial charge < -0.3 is 26.0 Å². The van der Waals surface area contributed by atoms with Crippen LogP contribution < -0.4 is 16.4 Å². The quantitative estimate of drug-likeness (QED) is 0.314. The molecule has 14 heteroatoms. The molecule has 3 rings (SSSR count). The van der Waals surface area contributed by atoms with Gasteiger partial charge in [0.25, 0.3) is 0 Å². The number of fused-ring (bicyclic) bond motifs is 1. The molecule has 3 unspecified atom stereocenters. The molecule has 2 saturated heterocycles. The lowest BCUT2D eigenvalue weighted by Gasteiger charge is -2.44. The molecule has 0 spiro atoms. The molecule has 3 heterocycles. The summed E-state index contributed by atoms with van der Waals surface area (Å²) in [6.07, 6.45) is 0. The highest BCUT2D eigenvalue weighted by molar-refractivity contribution is 8.01. The molecular weight excluding hydrogens is 416 g/mol. The lowest BCUT2D eigenvalue weighted by molar-refractivity contribution is -0.152. The zero-order valence-corrected chi connectivity index (χ0v) is 17.8. The number of nitrogens with two attached hydrogens (primary N) is 1. The van der Waals surface area contributed by atoms with Gasteiger partial charge in [-0.3, -0.25) is 19.2 Å². The molecule has 30 heavy (non-hydrogen) atoms. The van der Waals surface area contributed by atoms with Crippen molar-refractivity contribution in [2.24, 2.45) is 5.73 Å². The molecule has 3 amide bonds. The number of ether oxygens (including phenoxy) is 1. The molecule has 2 fully saturated rings. The molecule has 2 aliphatic heterocycles. The molecular formula is C16H24N8O5S. The third-order valence-electron chi connectivity index (χ3n) is 4.89. The Labute approximate surface area is 176 Å². The number of hydrogen-bond donors (Lipinski definition) is 3. The number of tetrazole rings is 1. The maximum absolute atomic E-state index is 12.9. The van der Waals surface area contributed by atoms with Crippen LogP contribution in [0.2, 0.25) is 0 Å². The molecule has 4 N–H and O–H groups in total. The second-order valence-electron chi connectivity index (χ2n) is 7.54. The van der Waals surface area contributed by atoms with Gasteiger partial charge in [-0.2, -0.15) is 4.68 Å². The Kier molecular flexibility index (Phi) is 5.99. The van der Waals surface area contributed by atoms with Crippen LogP contribution in [-0.2, 0) is 30.6 Å². The zero-order valence-electron chi connectivity index (χ0n) is 17.0. The molecule has 2 aliphatic rings. The van der Waals surface area contributed by atoms with Crippen LogP contribution in [0.15, 0.2) is 0 Å². The molecule has 164 valence electrons. The maximum atomic E-state index is 12.9. The van der Waals surface area contributed by atoms with E-state index in [9.17, 15) is 19.2 Å². The molecule has 0 aliphatic carbocycles. The van der Waals surface area contributed by atoms with Crippen LogP contribution >= 0.6 is 11.8 Å². The third kappa shape index (κ3) is 3.96. The normalized spacial score (nSPS) is 25.2. The Hall–Kier alpha value is -2.74. The van der Waals surface area contributed by atoms with Crippen molar-refractivity contribution in [2.45, 2.75) is 62.7 Å². The number of carbonyl (C=O) groups is 4. The summed E-state index contributed by atoms with van der Waals surface area (Å²) in [5.74, 6) is -1.31. The second-order valence-corrected chi connectivity index (χ2v) is 9.31. The second kappa shape index (κ2) is 8.18. The van der Waals surface area contributed by atoms with Gasteiger partial charge in [0.15, 0.2) is 12.6 Å². The third-order valence-corrected chi connectivity index (χ3v) is 6.46. The molecule has 0 bridgehead atoms. The minimum atomic E-state index is -0.825. The predicted molar refractivity (Wildman–Crippen MR) is 103 cm³/mol. The average molecular weight is 440 g/mol. The summed E-state index contributed by atoms with van der Waals surface area (Å²) < 4.78 is 5.84. The van der Waals surface area contributed by atoms with E-state index in [4.69, 9.17) is 10.5 Å². The minimum Gasteiger partial charge on any atom is -0.442 e. The van der Waals surface area contributed by atoms with Gasteiger partial charge in [0.2, 0.25) is 17.7 Å². The minimum absolute atomic E-state index is 0.167. The fourth-order valence-electron chi connectivity index (χ4n) is 3.46. The smallest absolute Gasteiger partial charge is 0.304 e. The number of esters is 1. The summed E-state index contributed by atoms with van der Waals surface area (Å²) in [4.78, 5) is 49.4. The number of thioether (sulfide) groups is 1. The van der Waals surface area contributed by atoms with Gasteiger partial charge in [-0.15, -0.1) is 16.9 Å². The van der Waals surface area contributed by atoms with Crippen LogP contribution in [0.3, 0.4) is 0 Å². The SMILES string of the molecule is CC(=O)OCn1nnnc1C1N2C(=O)C(NC(=O)C(C)NC(=O)CN)[C@@H]2SC1(C)C. The molecule has 4 atom stereocenters. The highest BCUT2D eigenvalue weighted by Gasteiger charge is 2.63. The highest BCUT2D eigenvalue weighted by atomic mass is 32.2. The van der Waals surface area contributed by atoms with Crippen LogP contribution in [0.1, 0.15) is 39.6 Å². The summed E-state index contributed by atoms with van der Waals surface area (Å²) in [5.41, 5.74) is 5.24. The van der Waals surface area contributed by atoms with E-state index in [0.717, 1.165) is 0 Å². The Balaban J connectivity index is 1.73. The Bertz CT molecular complexity index is 874. The Morgan fingerprint density at radius 3 is 2.70 bits per heavy atom. The van der Waals surface area contributed by atoms with E-state index < -0.39 is 40.7 Å². The monoisotopic (exact) mass is 440 g/mol. The van der Waals surface area contributed by atoms with Gasteiger partial charge >= 0.3 is 5.97 Å². The largest absolute Gasteiger partial charge is 0.442 e. The van der Waals surface area contributed by atoms with Gasteiger partial charge in [-0.1, -0.05) is 0 Å². The van der Waals surface area contributed by atoms with Crippen molar-refractivity contribution in [2.75, 3.05) is 6.54 Å². The number of hydrogen-bond acceptors (Lipinski definition) is 10. The Morgan fingerprint density at radius 1 is 1.37 bits per heavy atom. The first-order chi connectivity index (χ1) is 14.1. The molecule has 1 aromatic rings. The van der Waals surface area contributed by atoms with Crippen molar-refractivity contribution in [1.82, 2.24) is 35.7 Å². The zero-order chi connectivity index (χ0) is 22.2. The van der Waals surface area contributed by atoms with Crippen LogP contribution in [0.5, 0.6) is 0 Å². The fraction of sp³-hybridized carbons (Fsp3) is 0.688. The van der Waals surface area contributed by atoms with E-state index in [2.05, 4.69) is 26.2 Å². The molecule has 1 aromatic heterocycles. The lowest BCUT2D eigenvalue weighted by atomic mass is 9.95. The maximum Gasteiger partial charge on any atom is 0.304 e. The van der Waals surface area contributed by atoms with E-state index in [1.54, 1.807) is 4.90 Å². The van der Waals surface area contributed by atoms with Gasteiger partial charge in [-0.05, 0) is 31.2 Å². The number of nitrogens with one attached hydrogen (secondary N) is 2. The first kappa shape index (κ1) is 22.0. The van der Waals surface area contributed by atoms with Gasteiger partial charge in [-0.25, -0.2) is 0 Å². The topological polar surface area (TPSA) is 174 Å². The number of rotatable bonds is 7. The van der Waals surface area contributed by atoms with Gasteiger partial charge in [0.05, 0.1) is 6.54 Å². The van der Waals surface area contributed by atoms with E-state index >= 15 is 0 Å². The Morgan fingerprint density at radius 2 is 2.07 bits per heavy atom. The standard InChI is InChI=1S/C16H24N8O5S/c1-7(18-9(26)5-17)13(27)19-10-14(28)24-11(16(3,4)30-15(10)24)12-20-21-22-23(12)6-29-8(2)25/h7,10-11,15H,5-6,17H2,1-4H3,(H,18,26)(H,19,27)/t7?,10?,11?,15-/m0/s1. The summed E-state index contributed by atoms with van der Waals surface area (Å²) >= 11 is 1.51. The van der Waals surface area contributed by atoms with Gasteiger partial charge in [0.1, 0.15) is 23.5 Å². The van der Waals surface area contributed by atoms with Crippen LogP contribution in [0.4, 0.5) is 0 Å². The van der Waals surface area contributed by atoms with Gasteiger partial charge in [0, 0.05) is 11.7 Å². The lowest BCUT2D eigenvalue weighted by Crippen LogP contribution is -2.69. The summed E-state index contributed by atoms with van der Waals surface area (Å²) in [7, 11) is 0. The number of β-lactam (4-membered cyclic amide) rings is 1. The van der Waals surface area contributed by atoms with E-state index in [-0.39, 0.29) is 24.6 Å². The number of carbonyl (C=O) groups excluding carboxylic acids is 4. The molecule has 0 aromatic carbocycles. The number of amides is 3. The van der Waals surface area contributed by atoms with Crippen molar-refractivity contribution in [1.29, 1.82) is 0 Å². The van der Waals surface area contributed by atoms with E-state index in [1.165, 1.54) is 30.3 Å². The van der Waals surface area contributed by atoms with E-state index in [1.807, 2.05) is 13.8 Å². The fourth-order valence-corrected chi connectivity index (χ4v) is 5.09. The summed E-state index contributed by atoms with van der Waals surface area (Å²) in [6.45, 7) is 6.29. The first-order valence-electron chi connectivity index (χ1n) is 9.26. The van der Waals surface area contributed by atoms with E-state index in [0.29, 0.717) is 5.82 Å². The molecule has 13 nitrogen and oxygen atoms in total. The first-order valence-corrected chi connectivity index (χ1v) is 10.1.